The fraction of sp³-hybridized carbons (Fsp3) is 0.625. The Morgan fingerprint density at radius 3 is 2.62 bits per heavy atom. The van der Waals surface area contributed by atoms with E-state index < -0.39 is 7.12 Å². The Morgan fingerprint density at radius 1 is 1.29 bits per heavy atom. The molecule has 2 N–H and O–H groups in total. The Labute approximate surface area is 127 Å². The fourth-order valence-corrected chi connectivity index (χ4v) is 3.44. The molecule has 0 heterocycles. The van der Waals surface area contributed by atoms with Crippen molar-refractivity contribution < 1.29 is 14.8 Å². The molecule has 0 amide bonds. The Hall–Kier alpha value is -1.04. The van der Waals surface area contributed by atoms with Crippen molar-refractivity contribution in [3.05, 3.63) is 23.8 Å². The standard InChI is InChI=1S/C16H26BNO3/c1-12-6-4-5-7-16(12)18(2)11-13-10-14(21-3)8-9-15(13)17(19)20/h8-10,12,16,19-20H,4-7,11H2,1-3H3. The van der Waals surface area contributed by atoms with Gasteiger partial charge in [0, 0.05) is 12.6 Å². The molecule has 116 valence electrons. The van der Waals surface area contributed by atoms with Crippen molar-refractivity contribution in [2.45, 2.75) is 45.2 Å². The fourth-order valence-electron chi connectivity index (χ4n) is 3.44. The first kappa shape index (κ1) is 16.3. The van der Waals surface area contributed by atoms with Gasteiger partial charge in [-0.05, 0) is 49.0 Å². The molecule has 2 atom stereocenters. The SMILES string of the molecule is COc1ccc(B(O)O)c(CN(C)C2CCCCC2C)c1. The van der Waals surface area contributed by atoms with Crippen molar-refractivity contribution in [2.75, 3.05) is 14.2 Å². The second kappa shape index (κ2) is 7.30. The number of hydrogen-bond donors (Lipinski definition) is 2. The molecule has 0 bridgehead atoms. The Balaban J connectivity index is 2.16. The molecule has 1 fully saturated rings. The molecule has 0 radical (unpaired) electrons. The molecule has 2 unspecified atom stereocenters. The van der Waals surface area contributed by atoms with Gasteiger partial charge in [0.05, 0.1) is 7.11 Å². The van der Waals surface area contributed by atoms with E-state index >= 15 is 0 Å². The van der Waals surface area contributed by atoms with E-state index in [0.717, 1.165) is 11.3 Å². The van der Waals surface area contributed by atoms with Gasteiger partial charge in [0.15, 0.2) is 0 Å². The lowest BCUT2D eigenvalue weighted by molar-refractivity contribution is 0.133. The third-order valence-electron chi connectivity index (χ3n) is 4.68. The lowest BCUT2D eigenvalue weighted by atomic mass is 9.76. The number of ether oxygens (including phenoxy) is 1. The molecule has 1 aromatic rings. The molecule has 1 aliphatic rings. The maximum absolute atomic E-state index is 9.54. The van der Waals surface area contributed by atoms with Crippen LogP contribution in [-0.2, 0) is 6.54 Å². The molecule has 0 saturated heterocycles. The molecule has 0 spiro atoms. The Kier molecular flexibility index (Phi) is 5.68. The number of benzene rings is 1. The molecular formula is C16H26BNO3. The summed E-state index contributed by atoms with van der Waals surface area (Å²) in [6.07, 6.45) is 5.11. The first-order valence-electron chi connectivity index (χ1n) is 7.76. The predicted octanol–water partition coefficient (Wildman–Crippen LogP) is 1.39. The van der Waals surface area contributed by atoms with E-state index in [1.54, 1.807) is 19.2 Å². The van der Waals surface area contributed by atoms with E-state index in [4.69, 9.17) is 4.74 Å². The first-order chi connectivity index (χ1) is 10.0. The summed E-state index contributed by atoms with van der Waals surface area (Å²) in [6, 6.07) is 5.96. The number of nitrogens with zero attached hydrogens (tertiary/aromatic N) is 1. The van der Waals surface area contributed by atoms with E-state index in [1.807, 2.05) is 6.07 Å². The second-order valence-corrected chi connectivity index (χ2v) is 6.18. The average Bonchev–Trinajstić information content (AvgIpc) is 2.47. The van der Waals surface area contributed by atoms with Gasteiger partial charge in [-0.15, -0.1) is 0 Å². The molecule has 21 heavy (non-hydrogen) atoms. The molecule has 2 rings (SSSR count). The van der Waals surface area contributed by atoms with Crippen molar-refractivity contribution in [1.29, 1.82) is 0 Å². The van der Waals surface area contributed by atoms with Gasteiger partial charge in [0.2, 0.25) is 0 Å². The van der Waals surface area contributed by atoms with Crippen LogP contribution >= 0.6 is 0 Å². The van der Waals surface area contributed by atoms with Crippen molar-refractivity contribution in [3.63, 3.8) is 0 Å². The van der Waals surface area contributed by atoms with E-state index in [-0.39, 0.29) is 0 Å². The molecule has 1 aromatic carbocycles. The molecule has 5 heteroatoms. The highest BCUT2D eigenvalue weighted by atomic mass is 16.5. The Morgan fingerprint density at radius 2 is 2.00 bits per heavy atom. The summed E-state index contributed by atoms with van der Waals surface area (Å²) in [5.74, 6) is 1.44. The lowest BCUT2D eigenvalue weighted by Crippen LogP contribution is -2.41. The normalized spacial score (nSPS) is 22.4. The van der Waals surface area contributed by atoms with Crippen molar-refractivity contribution in [1.82, 2.24) is 4.90 Å². The molecule has 1 aliphatic carbocycles. The highest BCUT2D eigenvalue weighted by Gasteiger charge is 2.26. The van der Waals surface area contributed by atoms with Crippen LogP contribution in [0, 0.1) is 5.92 Å². The maximum atomic E-state index is 9.54. The highest BCUT2D eigenvalue weighted by molar-refractivity contribution is 6.59. The van der Waals surface area contributed by atoms with Gasteiger partial charge in [0.25, 0.3) is 0 Å². The van der Waals surface area contributed by atoms with Crippen LogP contribution in [-0.4, -0.2) is 42.3 Å². The summed E-state index contributed by atoms with van der Waals surface area (Å²) in [6.45, 7) is 3.02. The monoisotopic (exact) mass is 291 g/mol. The summed E-state index contributed by atoms with van der Waals surface area (Å²) >= 11 is 0. The van der Waals surface area contributed by atoms with Gasteiger partial charge in [-0.25, -0.2) is 0 Å². The third kappa shape index (κ3) is 3.99. The summed E-state index contributed by atoms with van der Waals surface area (Å²) in [5, 5.41) is 19.1. The summed E-state index contributed by atoms with van der Waals surface area (Å²) < 4.78 is 5.26. The van der Waals surface area contributed by atoms with Crippen molar-refractivity contribution >= 4 is 12.6 Å². The van der Waals surface area contributed by atoms with Crippen LogP contribution in [0.4, 0.5) is 0 Å². The minimum atomic E-state index is -1.44. The molecule has 0 aromatic heterocycles. The van der Waals surface area contributed by atoms with E-state index in [9.17, 15) is 10.0 Å². The minimum Gasteiger partial charge on any atom is -0.497 e. The van der Waals surface area contributed by atoms with Crippen molar-refractivity contribution in [3.8, 4) is 5.75 Å². The summed E-state index contributed by atoms with van der Waals surface area (Å²) in [4.78, 5) is 2.34. The largest absolute Gasteiger partial charge is 0.497 e. The van der Waals surface area contributed by atoms with Crippen LogP contribution < -0.4 is 10.2 Å². The van der Waals surface area contributed by atoms with Gasteiger partial charge in [0.1, 0.15) is 5.75 Å². The van der Waals surface area contributed by atoms with Crippen LogP contribution in [0.25, 0.3) is 0 Å². The van der Waals surface area contributed by atoms with Gasteiger partial charge in [-0.1, -0.05) is 25.8 Å². The van der Waals surface area contributed by atoms with Crippen LogP contribution in [0.3, 0.4) is 0 Å². The summed E-state index contributed by atoms with van der Waals surface area (Å²) in [5.41, 5.74) is 1.48. The predicted molar refractivity (Wildman–Crippen MR) is 85.7 cm³/mol. The van der Waals surface area contributed by atoms with E-state index in [0.29, 0.717) is 24.0 Å². The maximum Gasteiger partial charge on any atom is 0.488 e. The average molecular weight is 291 g/mol. The van der Waals surface area contributed by atoms with Gasteiger partial charge >= 0.3 is 7.12 Å². The second-order valence-electron chi connectivity index (χ2n) is 6.18. The number of hydrogen-bond acceptors (Lipinski definition) is 4. The van der Waals surface area contributed by atoms with Crippen LogP contribution in [0.1, 0.15) is 38.2 Å². The first-order valence-corrected chi connectivity index (χ1v) is 7.76. The van der Waals surface area contributed by atoms with E-state index in [2.05, 4.69) is 18.9 Å². The number of methoxy groups -OCH3 is 1. The van der Waals surface area contributed by atoms with Gasteiger partial charge < -0.3 is 14.8 Å². The smallest absolute Gasteiger partial charge is 0.488 e. The lowest BCUT2D eigenvalue weighted by Gasteiger charge is -2.36. The van der Waals surface area contributed by atoms with Crippen molar-refractivity contribution in [2.24, 2.45) is 5.92 Å². The quantitative estimate of drug-likeness (QED) is 0.805. The highest BCUT2D eigenvalue weighted by Crippen LogP contribution is 2.28. The zero-order valence-electron chi connectivity index (χ0n) is 13.2. The Bertz CT molecular complexity index is 467. The molecular weight excluding hydrogens is 265 g/mol. The van der Waals surface area contributed by atoms with Crippen LogP contribution in [0.2, 0.25) is 0 Å². The summed E-state index contributed by atoms with van der Waals surface area (Å²) in [7, 11) is 2.31. The topological polar surface area (TPSA) is 52.9 Å². The third-order valence-corrected chi connectivity index (χ3v) is 4.68. The van der Waals surface area contributed by atoms with E-state index in [1.165, 1.54) is 25.7 Å². The van der Waals surface area contributed by atoms with Gasteiger partial charge in [-0.3, -0.25) is 4.90 Å². The van der Waals surface area contributed by atoms with Crippen LogP contribution in [0.15, 0.2) is 18.2 Å². The minimum absolute atomic E-state index is 0.561. The molecule has 1 saturated carbocycles. The number of rotatable bonds is 5. The molecule has 0 aliphatic heterocycles. The van der Waals surface area contributed by atoms with Crippen LogP contribution in [0.5, 0.6) is 5.75 Å². The zero-order chi connectivity index (χ0) is 15.4. The molecule has 4 nitrogen and oxygen atoms in total. The van der Waals surface area contributed by atoms with Gasteiger partial charge in [-0.2, -0.15) is 0 Å². The zero-order valence-corrected chi connectivity index (χ0v) is 13.2.